The third kappa shape index (κ3) is 5.57. The van der Waals surface area contributed by atoms with Gasteiger partial charge in [0.1, 0.15) is 5.75 Å². The summed E-state index contributed by atoms with van der Waals surface area (Å²) < 4.78 is 28.2. The van der Waals surface area contributed by atoms with Crippen molar-refractivity contribution in [3.8, 4) is 5.75 Å². The van der Waals surface area contributed by atoms with Crippen LogP contribution in [-0.2, 0) is 16.7 Å². The lowest BCUT2D eigenvalue weighted by molar-refractivity contribution is 0.0689. The van der Waals surface area contributed by atoms with Crippen molar-refractivity contribution in [1.82, 2.24) is 4.90 Å². The highest BCUT2D eigenvalue weighted by atomic mass is 79.9. The zero-order valence-corrected chi connectivity index (χ0v) is 16.7. The summed E-state index contributed by atoms with van der Waals surface area (Å²) in [5, 5.41) is 0. The van der Waals surface area contributed by atoms with E-state index in [1.54, 1.807) is 29.2 Å². The molecule has 2 aromatic carbocycles. The standard InChI is InChI=1S/C18H20BrNO4S/c1-13(2)20(18(21)16-9-4-5-10-17(16)19)12-14-7-6-8-15(11-14)24-25(3,22)23/h4-11,13H,12H2,1-3H3. The SMILES string of the molecule is CC(C)N(Cc1cccc(OS(C)(=O)=O)c1)C(=O)c1ccccc1Br. The molecule has 0 saturated heterocycles. The van der Waals surface area contributed by atoms with Gasteiger partial charge in [0.25, 0.3) is 5.91 Å². The van der Waals surface area contributed by atoms with E-state index in [1.807, 2.05) is 38.1 Å². The molecule has 0 atom stereocenters. The normalized spacial score (nSPS) is 11.4. The summed E-state index contributed by atoms with van der Waals surface area (Å²) in [5.41, 5.74) is 1.37. The molecule has 0 fully saturated rings. The molecule has 0 unspecified atom stereocenters. The van der Waals surface area contributed by atoms with E-state index >= 15 is 0 Å². The fourth-order valence-corrected chi connectivity index (χ4v) is 3.25. The van der Waals surface area contributed by atoms with Gasteiger partial charge in [-0.2, -0.15) is 8.42 Å². The average molecular weight is 426 g/mol. The lowest BCUT2D eigenvalue weighted by Crippen LogP contribution is -2.36. The molecule has 0 aromatic heterocycles. The molecule has 1 amide bonds. The average Bonchev–Trinajstić information content (AvgIpc) is 2.51. The number of carbonyl (C=O) groups excluding carboxylic acids is 1. The van der Waals surface area contributed by atoms with Crippen molar-refractivity contribution in [3.63, 3.8) is 0 Å². The summed E-state index contributed by atoms with van der Waals surface area (Å²) in [5.74, 6) is 0.133. The number of hydrogen-bond acceptors (Lipinski definition) is 4. The van der Waals surface area contributed by atoms with Crippen molar-refractivity contribution in [3.05, 3.63) is 64.1 Å². The molecule has 0 radical (unpaired) electrons. The summed E-state index contributed by atoms with van der Waals surface area (Å²) in [4.78, 5) is 14.6. The smallest absolute Gasteiger partial charge is 0.306 e. The highest BCUT2D eigenvalue weighted by molar-refractivity contribution is 9.10. The van der Waals surface area contributed by atoms with E-state index in [0.717, 1.165) is 16.3 Å². The van der Waals surface area contributed by atoms with Crippen LogP contribution in [0.25, 0.3) is 0 Å². The molecule has 0 saturated carbocycles. The van der Waals surface area contributed by atoms with Crippen molar-refractivity contribution >= 4 is 32.0 Å². The van der Waals surface area contributed by atoms with Gasteiger partial charge in [-0.3, -0.25) is 4.79 Å². The van der Waals surface area contributed by atoms with Crippen LogP contribution in [0.15, 0.2) is 53.0 Å². The second-order valence-corrected chi connectivity index (χ2v) is 8.37. The van der Waals surface area contributed by atoms with Crippen LogP contribution in [-0.4, -0.2) is 31.5 Å². The third-order valence-electron chi connectivity index (χ3n) is 3.49. The number of amides is 1. The number of benzene rings is 2. The highest BCUT2D eigenvalue weighted by Crippen LogP contribution is 2.22. The summed E-state index contributed by atoms with van der Waals surface area (Å²) in [6.07, 6.45) is 0.997. The molecular weight excluding hydrogens is 406 g/mol. The second-order valence-electron chi connectivity index (χ2n) is 5.94. The number of carbonyl (C=O) groups is 1. The molecule has 0 aliphatic heterocycles. The van der Waals surface area contributed by atoms with E-state index < -0.39 is 10.1 Å². The number of halogens is 1. The zero-order valence-electron chi connectivity index (χ0n) is 14.3. The van der Waals surface area contributed by atoms with Crippen LogP contribution in [0, 0.1) is 0 Å². The maximum absolute atomic E-state index is 12.9. The van der Waals surface area contributed by atoms with Gasteiger partial charge in [-0.25, -0.2) is 0 Å². The molecule has 0 spiro atoms. The van der Waals surface area contributed by atoms with Crippen LogP contribution in [0.1, 0.15) is 29.8 Å². The van der Waals surface area contributed by atoms with Gasteiger partial charge in [0, 0.05) is 17.1 Å². The van der Waals surface area contributed by atoms with Crippen LogP contribution in [0.3, 0.4) is 0 Å². The Labute approximate surface area is 156 Å². The fraction of sp³-hybridized carbons (Fsp3) is 0.278. The lowest BCUT2D eigenvalue weighted by atomic mass is 10.1. The van der Waals surface area contributed by atoms with Crippen LogP contribution in [0.5, 0.6) is 5.75 Å². The Morgan fingerprint density at radius 1 is 1.16 bits per heavy atom. The molecule has 0 aliphatic carbocycles. The van der Waals surface area contributed by atoms with E-state index in [9.17, 15) is 13.2 Å². The second kappa shape index (κ2) is 8.01. The first-order valence-electron chi connectivity index (χ1n) is 7.71. The summed E-state index contributed by atoms with van der Waals surface area (Å²) in [6, 6.07) is 14.0. The van der Waals surface area contributed by atoms with Gasteiger partial charge in [0.2, 0.25) is 0 Å². The Morgan fingerprint density at radius 3 is 2.44 bits per heavy atom. The van der Waals surface area contributed by atoms with Crippen LogP contribution >= 0.6 is 15.9 Å². The van der Waals surface area contributed by atoms with Crippen LogP contribution in [0.2, 0.25) is 0 Å². The monoisotopic (exact) mass is 425 g/mol. The maximum atomic E-state index is 12.9. The maximum Gasteiger partial charge on any atom is 0.306 e. The molecule has 0 aliphatic rings. The molecule has 0 bridgehead atoms. The van der Waals surface area contributed by atoms with Gasteiger partial charge in [-0.15, -0.1) is 0 Å². The van der Waals surface area contributed by atoms with Crippen LogP contribution < -0.4 is 4.18 Å². The molecule has 0 heterocycles. The molecule has 134 valence electrons. The number of nitrogens with zero attached hydrogens (tertiary/aromatic N) is 1. The van der Waals surface area contributed by atoms with Crippen molar-refractivity contribution in [2.24, 2.45) is 0 Å². The summed E-state index contributed by atoms with van der Waals surface area (Å²) in [7, 11) is -3.59. The predicted molar refractivity (Wildman–Crippen MR) is 101 cm³/mol. The Bertz CT molecular complexity index is 865. The van der Waals surface area contributed by atoms with E-state index in [1.165, 1.54) is 0 Å². The van der Waals surface area contributed by atoms with Gasteiger partial charge in [-0.05, 0) is 59.6 Å². The van der Waals surface area contributed by atoms with Gasteiger partial charge in [0.15, 0.2) is 0 Å². The summed E-state index contributed by atoms with van der Waals surface area (Å²) >= 11 is 3.41. The van der Waals surface area contributed by atoms with Crippen LogP contribution in [0.4, 0.5) is 0 Å². The Kier molecular flexibility index (Phi) is 6.24. The Morgan fingerprint density at radius 2 is 1.84 bits per heavy atom. The largest absolute Gasteiger partial charge is 0.383 e. The van der Waals surface area contributed by atoms with E-state index in [2.05, 4.69) is 15.9 Å². The zero-order chi connectivity index (χ0) is 18.6. The number of hydrogen-bond donors (Lipinski definition) is 0. The van der Waals surface area contributed by atoms with Crippen molar-refractivity contribution in [1.29, 1.82) is 0 Å². The quantitative estimate of drug-likeness (QED) is 0.659. The van der Waals surface area contributed by atoms with E-state index in [-0.39, 0.29) is 17.7 Å². The molecular formula is C18H20BrNO4S. The summed E-state index contributed by atoms with van der Waals surface area (Å²) in [6.45, 7) is 4.22. The molecule has 7 heteroatoms. The van der Waals surface area contributed by atoms with Gasteiger partial charge < -0.3 is 9.08 Å². The lowest BCUT2D eigenvalue weighted by Gasteiger charge is -2.27. The predicted octanol–water partition coefficient (Wildman–Crippen LogP) is 3.84. The fourth-order valence-electron chi connectivity index (χ4n) is 2.35. The minimum Gasteiger partial charge on any atom is -0.383 e. The molecule has 2 aromatic rings. The molecule has 5 nitrogen and oxygen atoms in total. The minimum atomic E-state index is -3.59. The molecule has 2 rings (SSSR count). The number of rotatable bonds is 6. The molecule has 0 N–H and O–H groups in total. The Hall–Kier alpha value is -1.86. The van der Waals surface area contributed by atoms with Gasteiger partial charge in [-0.1, -0.05) is 24.3 Å². The van der Waals surface area contributed by atoms with Crippen molar-refractivity contribution in [2.75, 3.05) is 6.26 Å². The third-order valence-corrected chi connectivity index (χ3v) is 4.67. The Balaban J connectivity index is 2.27. The first-order valence-corrected chi connectivity index (χ1v) is 10.3. The van der Waals surface area contributed by atoms with E-state index in [0.29, 0.717) is 12.1 Å². The van der Waals surface area contributed by atoms with E-state index in [4.69, 9.17) is 4.18 Å². The van der Waals surface area contributed by atoms with Gasteiger partial charge in [0.05, 0.1) is 11.8 Å². The minimum absolute atomic E-state index is 0.0286. The first-order chi connectivity index (χ1) is 11.7. The van der Waals surface area contributed by atoms with Crippen molar-refractivity contribution < 1.29 is 17.4 Å². The highest BCUT2D eigenvalue weighted by Gasteiger charge is 2.21. The topological polar surface area (TPSA) is 63.7 Å². The first kappa shape index (κ1) is 19.5. The van der Waals surface area contributed by atoms with Crippen molar-refractivity contribution in [2.45, 2.75) is 26.4 Å². The molecule has 25 heavy (non-hydrogen) atoms. The van der Waals surface area contributed by atoms with Gasteiger partial charge >= 0.3 is 10.1 Å².